The van der Waals surface area contributed by atoms with E-state index in [0.717, 1.165) is 78.6 Å². The van der Waals surface area contributed by atoms with Gasteiger partial charge in [0.25, 0.3) is 0 Å². The van der Waals surface area contributed by atoms with Crippen molar-refractivity contribution in [3.8, 4) is 5.69 Å². The van der Waals surface area contributed by atoms with E-state index in [0.29, 0.717) is 6.42 Å². The van der Waals surface area contributed by atoms with Crippen LogP contribution in [-0.4, -0.2) is 57.5 Å². The normalized spacial score (nSPS) is 13.6. The molecule has 0 spiro atoms. The molecule has 4 aromatic rings. The van der Waals surface area contributed by atoms with Crippen LogP contribution < -0.4 is 4.90 Å². The zero-order valence-electron chi connectivity index (χ0n) is 21.4. The number of nitrogens with zero attached hydrogens (tertiary/aromatic N) is 5. The second kappa shape index (κ2) is 13.0. The van der Waals surface area contributed by atoms with E-state index in [-0.39, 0.29) is 5.91 Å². The molecular weight excluding hydrogens is 514 g/mol. The first-order chi connectivity index (χ1) is 18.7. The quantitative estimate of drug-likeness (QED) is 0.177. The Labute approximate surface area is 233 Å². The summed E-state index contributed by atoms with van der Waals surface area (Å²) in [6.07, 6.45) is 3.13. The number of hydrogen-bond acceptors (Lipinski definition) is 5. The smallest absolute Gasteiger partial charge is 0.222 e. The number of thioether (sulfide) groups is 1. The van der Waals surface area contributed by atoms with Gasteiger partial charge in [-0.05, 0) is 48.7 Å². The summed E-state index contributed by atoms with van der Waals surface area (Å²) < 4.78 is 2.15. The average molecular weight is 546 g/mol. The van der Waals surface area contributed by atoms with Crippen LogP contribution in [-0.2, 0) is 11.2 Å². The van der Waals surface area contributed by atoms with Crippen LogP contribution in [0.1, 0.15) is 30.7 Å². The summed E-state index contributed by atoms with van der Waals surface area (Å²) in [5, 5.41) is 10.7. The molecule has 38 heavy (non-hydrogen) atoms. The molecule has 196 valence electrons. The third-order valence-corrected chi connectivity index (χ3v) is 7.99. The third kappa shape index (κ3) is 6.77. The number of anilines is 1. The summed E-state index contributed by atoms with van der Waals surface area (Å²) in [6, 6.07) is 28.6. The molecule has 1 aromatic heterocycles. The molecule has 5 rings (SSSR count). The molecule has 0 unspecified atom stereocenters. The third-order valence-electron chi connectivity index (χ3n) is 6.74. The van der Waals surface area contributed by atoms with Crippen LogP contribution in [0.4, 0.5) is 5.69 Å². The fourth-order valence-electron chi connectivity index (χ4n) is 4.71. The van der Waals surface area contributed by atoms with Crippen LogP contribution in [0, 0.1) is 0 Å². The van der Waals surface area contributed by atoms with E-state index < -0.39 is 0 Å². The molecule has 6 nitrogen and oxygen atoms in total. The molecule has 0 radical (unpaired) electrons. The van der Waals surface area contributed by atoms with Crippen molar-refractivity contribution < 1.29 is 4.79 Å². The molecule has 0 bridgehead atoms. The van der Waals surface area contributed by atoms with E-state index in [4.69, 9.17) is 11.6 Å². The van der Waals surface area contributed by atoms with Crippen LogP contribution in [0.5, 0.6) is 0 Å². The maximum absolute atomic E-state index is 12.8. The predicted molar refractivity (Wildman–Crippen MR) is 155 cm³/mol. The van der Waals surface area contributed by atoms with Gasteiger partial charge in [0.05, 0.1) is 0 Å². The maximum Gasteiger partial charge on any atom is 0.222 e. The number of halogens is 1. The summed E-state index contributed by atoms with van der Waals surface area (Å²) in [7, 11) is 0. The van der Waals surface area contributed by atoms with Gasteiger partial charge in [0, 0.05) is 61.2 Å². The summed E-state index contributed by atoms with van der Waals surface area (Å²) in [6.45, 7) is 3.18. The molecular formula is C30H32ClN5OS. The first kappa shape index (κ1) is 26.3. The summed E-state index contributed by atoms with van der Waals surface area (Å²) >= 11 is 7.84. The Kier molecular flexibility index (Phi) is 8.99. The Bertz CT molecular complexity index is 1320. The van der Waals surface area contributed by atoms with Gasteiger partial charge in [0.15, 0.2) is 5.16 Å². The van der Waals surface area contributed by atoms with E-state index in [9.17, 15) is 4.79 Å². The van der Waals surface area contributed by atoms with E-state index in [1.54, 1.807) is 11.8 Å². The second-order valence-electron chi connectivity index (χ2n) is 9.39. The molecule has 1 amide bonds. The summed E-state index contributed by atoms with van der Waals surface area (Å²) in [4.78, 5) is 17.1. The van der Waals surface area contributed by atoms with Gasteiger partial charge < -0.3 is 9.80 Å². The average Bonchev–Trinajstić information content (AvgIpc) is 3.36. The molecule has 1 fully saturated rings. The van der Waals surface area contributed by atoms with Gasteiger partial charge in [-0.2, -0.15) is 0 Å². The molecule has 0 aliphatic carbocycles. The molecule has 1 aliphatic rings. The van der Waals surface area contributed by atoms with Gasteiger partial charge in [-0.3, -0.25) is 9.36 Å². The Morgan fingerprint density at radius 1 is 0.816 bits per heavy atom. The molecule has 0 saturated carbocycles. The SMILES string of the molecule is O=C(CCCCSc1nnc(Cc2ccccc2)n1-c1ccccc1)N1CCN(c2cccc(Cl)c2)CC1. The van der Waals surface area contributed by atoms with Crippen molar-refractivity contribution in [1.82, 2.24) is 19.7 Å². The van der Waals surface area contributed by atoms with Gasteiger partial charge in [-0.15, -0.1) is 10.2 Å². The van der Waals surface area contributed by atoms with Gasteiger partial charge in [-0.1, -0.05) is 78.0 Å². The number of rotatable bonds is 10. The fourth-order valence-corrected chi connectivity index (χ4v) is 5.86. The van der Waals surface area contributed by atoms with Crippen LogP contribution >= 0.6 is 23.4 Å². The zero-order valence-corrected chi connectivity index (χ0v) is 22.9. The van der Waals surface area contributed by atoms with Crippen molar-refractivity contribution >= 4 is 35.0 Å². The van der Waals surface area contributed by atoms with Crippen molar-refractivity contribution in [3.05, 3.63) is 101 Å². The number of hydrogen-bond donors (Lipinski definition) is 0. The highest BCUT2D eigenvalue weighted by molar-refractivity contribution is 7.99. The molecule has 0 N–H and O–H groups in total. The monoisotopic (exact) mass is 545 g/mol. The van der Waals surface area contributed by atoms with E-state index in [1.165, 1.54) is 5.56 Å². The van der Waals surface area contributed by atoms with Crippen molar-refractivity contribution in [1.29, 1.82) is 0 Å². The lowest BCUT2D eigenvalue weighted by molar-refractivity contribution is -0.131. The molecule has 1 aliphatic heterocycles. The number of unbranched alkanes of at least 4 members (excludes halogenated alkanes) is 1. The van der Waals surface area contributed by atoms with Crippen LogP contribution in [0.2, 0.25) is 5.02 Å². The van der Waals surface area contributed by atoms with E-state index >= 15 is 0 Å². The minimum Gasteiger partial charge on any atom is -0.368 e. The van der Waals surface area contributed by atoms with Crippen molar-refractivity contribution in [2.75, 3.05) is 36.8 Å². The highest BCUT2D eigenvalue weighted by atomic mass is 35.5. The van der Waals surface area contributed by atoms with E-state index in [1.807, 2.05) is 47.4 Å². The standard InChI is InChI=1S/C30H32ClN5OS/c31-25-12-9-15-27(23-25)34-17-19-35(20-18-34)29(37)16-7-8-21-38-30-33-32-28(22-24-10-3-1-4-11-24)36(30)26-13-5-2-6-14-26/h1-6,9-15,23H,7-8,16-22H2. The number of aromatic nitrogens is 3. The predicted octanol–water partition coefficient (Wildman–Crippen LogP) is 6.12. The zero-order chi connectivity index (χ0) is 26.2. The lowest BCUT2D eigenvalue weighted by Crippen LogP contribution is -2.48. The number of amides is 1. The number of para-hydroxylation sites is 1. The first-order valence-electron chi connectivity index (χ1n) is 13.1. The largest absolute Gasteiger partial charge is 0.368 e. The number of carbonyl (C=O) groups is 1. The van der Waals surface area contributed by atoms with Crippen LogP contribution in [0.15, 0.2) is 90.1 Å². The highest BCUT2D eigenvalue weighted by Crippen LogP contribution is 2.25. The topological polar surface area (TPSA) is 54.3 Å². The molecule has 1 saturated heterocycles. The minimum absolute atomic E-state index is 0.248. The summed E-state index contributed by atoms with van der Waals surface area (Å²) in [5.41, 5.74) is 3.40. The first-order valence-corrected chi connectivity index (χ1v) is 14.5. The van der Waals surface area contributed by atoms with E-state index in [2.05, 4.69) is 62.1 Å². The van der Waals surface area contributed by atoms with Gasteiger partial charge >= 0.3 is 0 Å². The second-order valence-corrected chi connectivity index (χ2v) is 10.9. The Morgan fingerprint density at radius 2 is 1.53 bits per heavy atom. The van der Waals surface area contributed by atoms with Crippen molar-refractivity contribution in [3.63, 3.8) is 0 Å². The Morgan fingerprint density at radius 3 is 2.26 bits per heavy atom. The molecule has 2 heterocycles. The highest BCUT2D eigenvalue weighted by Gasteiger charge is 2.21. The van der Waals surface area contributed by atoms with Crippen molar-refractivity contribution in [2.45, 2.75) is 30.8 Å². The molecule has 8 heteroatoms. The summed E-state index contributed by atoms with van der Waals surface area (Å²) in [5.74, 6) is 2.07. The molecule has 0 atom stereocenters. The number of carbonyl (C=O) groups excluding carboxylic acids is 1. The van der Waals surface area contributed by atoms with Gasteiger partial charge in [-0.25, -0.2) is 0 Å². The van der Waals surface area contributed by atoms with Crippen LogP contribution in [0.25, 0.3) is 5.69 Å². The van der Waals surface area contributed by atoms with Gasteiger partial charge in [0.1, 0.15) is 5.82 Å². The lowest BCUT2D eigenvalue weighted by atomic mass is 10.1. The number of benzene rings is 3. The minimum atomic E-state index is 0.248. The number of piperazine rings is 1. The van der Waals surface area contributed by atoms with Crippen molar-refractivity contribution in [2.24, 2.45) is 0 Å². The maximum atomic E-state index is 12.8. The van der Waals surface area contributed by atoms with Gasteiger partial charge in [0.2, 0.25) is 5.91 Å². The lowest BCUT2D eigenvalue weighted by Gasteiger charge is -2.36. The fraction of sp³-hybridized carbons (Fsp3) is 0.300. The Balaban J connectivity index is 1.10. The Hall–Kier alpha value is -3.29. The molecule has 3 aromatic carbocycles. The van der Waals surface area contributed by atoms with Crippen LogP contribution in [0.3, 0.4) is 0 Å².